The van der Waals surface area contributed by atoms with E-state index in [1.54, 1.807) is 47.8 Å². The summed E-state index contributed by atoms with van der Waals surface area (Å²) in [6.45, 7) is 1.85. The van der Waals surface area contributed by atoms with Crippen molar-refractivity contribution in [3.05, 3.63) is 87.9 Å². The highest BCUT2D eigenvalue weighted by molar-refractivity contribution is 7.17. The molecular weight excluding hydrogens is 414 g/mol. The molecule has 5 N–H and O–H groups in total. The molecule has 0 radical (unpaired) electrons. The van der Waals surface area contributed by atoms with Crippen LogP contribution in [0.2, 0.25) is 0 Å². The summed E-state index contributed by atoms with van der Waals surface area (Å²) in [5, 5.41) is 11.6. The Hall–Kier alpha value is -3.75. The lowest BCUT2D eigenvalue weighted by atomic mass is 10.0. The maximum Gasteiger partial charge on any atom is 0.338 e. The molecule has 0 aliphatic carbocycles. The molecular formula is C23H19N3O4S. The first-order chi connectivity index (χ1) is 14.9. The number of benzene rings is 2. The highest BCUT2D eigenvalue weighted by Crippen LogP contribution is 2.36. The van der Waals surface area contributed by atoms with Crippen molar-refractivity contribution in [3.8, 4) is 5.75 Å². The van der Waals surface area contributed by atoms with Crippen LogP contribution in [-0.2, 0) is 0 Å². The second-order valence-electron chi connectivity index (χ2n) is 6.97. The molecule has 7 nitrogen and oxygen atoms in total. The van der Waals surface area contributed by atoms with Gasteiger partial charge in [0.1, 0.15) is 11.6 Å². The fourth-order valence-electron chi connectivity index (χ4n) is 3.28. The molecule has 0 fully saturated rings. The number of nitrogen functional groups attached to an aromatic ring is 1. The molecule has 4 rings (SSSR count). The van der Waals surface area contributed by atoms with E-state index in [2.05, 4.69) is 4.98 Å². The van der Waals surface area contributed by atoms with Crippen LogP contribution in [0.5, 0.6) is 5.75 Å². The van der Waals surface area contributed by atoms with Gasteiger partial charge in [-0.2, -0.15) is 0 Å². The van der Waals surface area contributed by atoms with Crippen LogP contribution in [-0.4, -0.2) is 21.8 Å². The largest absolute Gasteiger partial charge is 0.478 e. The van der Waals surface area contributed by atoms with Crippen molar-refractivity contribution < 1.29 is 19.4 Å². The number of carbonyl (C=O) groups excluding carboxylic acids is 1. The van der Waals surface area contributed by atoms with Crippen LogP contribution < -0.4 is 16.2 Å². The van der Waals surface area contributed by atoms with Gasteiger partial charge in [-0.1, -0.05) is 42.5 Å². The molecule has 1 atom stereocenters. The van der Waals surface area contributed by atoms with E-state index in [9.17, 15) is 14.7 Å². The first-order valence-electron chi connectivity index (χ1n) is 9.38. The quantitative estimate of drug-likeness (QED) is 0.308. The van der Waals surface area contributed by atoms with E-state index in [4.69, 9.17) is 16.2 Å². The summed E-state index contributed by atoms with van der Waals surface area (Å²) >= 11 is 1.22. The smallest absolute Gasteiger partial charge is 0.338 e. The number of fused-ring (bicyclic) bond motifs is 1. The Morgan fingerprint density at radius 2 is 1.87 bits per heavy atom. The van der Waals surface area contributed by atoms with Crippen LogP contribution >= 0.6 is 11.3 Å². The molecule has 0 bridgehead atoms. The number of aromatic carboxylic acids is 1. The van der Waals surface area contributed by atoms with E-state index in [1.807, 2.05) is 13.0 Å². The predicted octanol–water partition coefficient (Wildman–Crippen LogP) is 4.15. The number of hydrogen-bond acceptors (Lipinski definition) is 7. The topological polar surface area (TPSA) is 129 Å². The van der Waals surface area contributed by atoms with Gasteiger partial charge < -0.3 is 15.6 Å². The zero-order chi connectivity index (χ0) is 22.1. The lowest BCUT2D eigenvalue weighted by Gasteiger charge is -2.17. The van der Waals surface area contributed by atoms with Crippen LogP contribution in [0.4, 0.5) is 5.82 Å². The SMILES string of the molecule is Cc1ccc(C(=O)c2ccccc2)cc1OC(N)c1csc2c(C(=O)O)cnc(N)c12. The monoisotopic (exact) mass is 433 g/mol. The normalized spacial score (nSPS) is 11.9. The van der Waals surface area contributed by atoms with Crippen LogP contribution in [0, 0.1) is 6.92 Å². The molecule has 0 saturated heterocycles. The molecule has 8 heteroatoms. The summed E-state index contributed by atoms with van der Waals surface area (Å²) in [6, 6.07) is 14.2. The van der Waals surface area contributed by atoms with E-state index in [-0.39, 0.29) is 17.2 Å². The molecule has 2 heterocycles. The molecule has 31 heavy (non-hydrogen) atoms. The number of carboxylic acid groups (broad SMARTS) is 1. The van der Waals surface area contributed by atoms with Gasteiger partial charge in [0.15, 0.2) is 12.0 Å². The summed E-state index contributed by atoms with van der Waals surface area (Å²) in [7, 11) is 0. The highest BCUT2D eigenvalue weighted by Gasteiger charge is 2.22. The number of hydrogen-bond donors (Lipinski definition) is 3. The first-order valence-corrected chi connectivity index (χ1v) is 10.3. The average Bonchev–Trinajstić information content (AvgIpc) is 3.21. The predicted molar refractivity (Wildman–Crippen MR) is 120 cm³/mol. The number of carbonyl (C=O) groups is 2. The number of aromatic nitrogens is 1. The number of nitrogens with two attached hydrogens (primary N) is 2. The number of rotatable bonds is 6. The van der Waals surface area contributed by atoms with E-state index in [0.29, 0.717) is 32.5 Å². The maximum absolute atomic E-state index is 12.8. The minimum absolute atomic E-state index is 0.0549. The lowest BCUT2D eigenvalue weighted by molar-refractivity contribution is 0.0698. The minimum Gasteiger partial charge on any atom is -0.478 e. The number of nitrogens with zero attached hydrogens (tertiary/aromatic N) is 1. The van der Waals surface area contributed by atoms with Gasteiger partial charge >= 0.3 is 5.97 Å². The number of pyridine rings is 1. The minimum atomic E-state index is -1.09. The summed E-state index contributed by atoms with van der Waals surface area (Å²) in [5.74, 6) is -0.586. The van der Waals surface area contributed by atoms with E-state index in [0.717, 1.165) is 5.56 Å². The number of aryl methyl sites for hydroxylation is 1. The van der Waals surface area contributed by atoms with Crippen molar-refractivity contribution in [1.82, 2.24) is 4.98 Å². The Morgan fingerprint density at radius 1 is 1.13 bits per heavy atom. The third-order valence-corrected chi connectivity index (χ3v) is 5.96. The van der Waals surface area contributed by atoms with Crippen molar-refractivity contribution >= 4 is 39.0 Å². The number of ketones is 1. The first kappa shape index (κ1) is 20.5. The van der Waals surface area contributed by atoms with Crippen LogP contribution in [0.3, 0.4) is 0 Å². The number of carboxylic acids is 1. The molecule has 156 valence electrons. The molecule has 1 unspecified atom stereocenters. The molecule has 0 aliphatic rings. The fourth-order valence-corrected chi connectivity index (χ4v) is 4.38. The Kier molecular flexibility index (Phi) is 5.41. The van der Waals surface area contributed by atoms with Crippen LogP contribution in [0.1, 0.15) is 43.6 Å². The average molecular weight is 433 g/mol. The van der Waals surface area contributed by atoms with Crippen molar-refractivity contribution in [2.24, 2.45) is 5.73 Å². The van der Waals surface area contributed by atoms with Crippen molar-refractivity contribution in [3.63, 3.8) is 0 Å². The molecule has 0 spiro atoms. The second-order valence-corrected chi connectivity index (χ2v) is 7.85. The number of anilines is 1. The molecule has 0 aliphatic heterocycles. The zero-order valence-electron chi connectivity index (χ0n) is 16.5. The van der Waals surface area contributed by atoms with Gasteiger partial charge in [-0.25, -0.2) is 9.78 Å². The summed E-state index contributed by atoms with van der Waals surface area (Å²) < 4.78 is 6.47. The zero-order valence-corrected chi connectivity index (χ0v) is 17.3. The summed E-state index contributed by atoms with van der Waals surface area (Å²) in [6.07, 6.45) is 0.304. The Bertz CT molecular complexity index is 1300. The molecule has 2 aromatic carbocycles. The fraction of sp³-hybridized carbons (Fsp3) is 0.0870. The molecule has 2 aromatic heterocycles. The Morgan fingerprint density at radius 3 is 2.58 bits per heavy atom. The standard InChI is InChI=1S/C23H19N3O4S/c1-12-7-8-14(19(27)13-5-3-2-4-6-13)9-17(12)30-22(25)16-11-31-20-15(23(28)29)10-26-21(24)18(16)20/h2-11,22H,25H2,1H3,(H2,24,26)(H,28,29). The summed E-state index contributed by atoms with van der Waals surface area (Å²) in [5.41, 5.74) is 14.8. The van der Waals surface area contributed by atoms with Gasteiger partial charge in [0, 0.05) is 33.7 Å². The highest BCUT2D eigenvalue weighted by atomic mass is 32.1. The van der Waals surface area contributed by atoms with Gasteiger partial charge in [0.05, 0.1) is 10.3 Å². The third-order valence-electron chi connectivity index (χ3n) is 4.93. The molecule has 4 aromatic rings. The van der Waals surface area contributed by atoms with Gasteiger partial charge in [-0.05, 0) is 18.6 Å². The van der Waals surface area contributed by atoms with Crippen LogP contribution in [0.25, 0.3) is 10.1 Å². The van der Waals surface area contributed by atoms with Gasteiger partial charge in [-0.3, -0.25) is 10.5 Å². The lowest BCUT2D eigenvalue weighted by Crippen LogP contribution is -2.18. The van der Waals surface area contributed by atoms with Gasteiger partial charge in [0.25, 0.3) is 0 Å². The van der Waals surface area contributed by atoms with Gasteiger partial charge in [0.2, 0.25) is 0 Å². The van der Waals surface area contributed by atoms with Crippen molar-refractivity contribution in [1.29, 1.82) is 0 Å². The molecule has 0 saturated carbocycles. The van der Waals surface area contributed by atoms with Gasteiger partial charge in [-0.15, -0.1) is 11.3 Å². The number of ether oxygens (including phenoxy) is 1. The van der Waals surface area contributed by atoms with E-state index >= 15 is 0 Å². The Balaban J connectivity index is 1.68. The summed E-state index contributed by atoms with van der Waals surface area (Å²) in [4.78, 5) is 28.3. The van der Waals surface area contributed by atoms with E-state index in [1.165, 1.54) is 17.5 Å². The number of thiophene rings is 1. The second kappa shape index (κ2) is 8.17. The maximum atomic E-state index is 12.8. The van der Waals surface area contributed by atoms with E-state index < -0.39 is 12.2 Å². The van der Waals surface area contributed by atoms with Crippen molar-refractivity contribution in [2.45, 2.75) is 13.2 Å². The van der Waals surface area contributed by atoms with Crippen LogP contribution in [0.15, 0.2) is 60.1 Å². The third kappa shape index (κ3) is 3.86. The Labute approximate surface area is 181 Å². The van der Waals surface area contributed by atoms with Crippen molar-refractivity contribution in [2.75, 3.05) is 5.73 Å². The molecule has 0 amide bonds.